The van der Waals surface area contributed by atoms with Gasteiger partial charge in [-0.1, -0.05) is 12.1 Å². The van der Waals surface area contributed by atoms with Gasteiger partial charge in [-0.3, -0.25) is 9.59 Å². The lowest BCUT2D eigenvalue weighted by atomic mass is 9.94. The first-order valence-corrected chi connectivity index (χ1v) is 13.0. The van der Waals surface area contributed by atoms with E-state index in [0.717, 1.165) is 75.4 Å². The van der Waals surface area contributed by atoms with Crippen molar-refractivity contribution in [3.05, 3.63) is 47.3 Å². The molecular weight excluding hydrogens is 458 g/mol. The van der Waals surface area contributed by atoms with Crippen LogP contribution in [0.15, 0.2) is 30.5 Å². The average molecular weight is 496 g/mol. The van der Waals surface area contributed by atoms with Gasteiger partial charge in [0.25, 0.3) is 0 Å². The Kier molecular flexibility index (Phi) is 9.11. The maximum atomic E-state index is 13.1. The summed E-state index contributed by atoms with van der Waals surface area (Å²) in [5, 5.41) is 6.48. The van der Waals surface area contributed by atoms with Crippen molar-refractivity contribution < 1.29 is 19.1 Å². The Labute approximate surface area is 213 Å². The van der Waals surface area contributed by atoms with Gasteiger partial charge in [0.1, 0.15) is 5.82 Å². The van der Waals surface area contributed by atoms with E-state index in [2.05, 4.69) is 32.7 Å². The summed E-state index contributed by atoms with van der Waals surface area (Å²) in [5.74, 6) is 1.07. The molecule has 9 heteroatoms. The number of nitrogens with one attached hydrogen (secondary N) is 2. The van der Waals surface area contributed by atoms with Gasteiger partial charge in [0.2, 0.25) is 11.8 Å². The van der Waals surface area contributed by atoms with Crippen LogP contribution in [0.25, 0.3) is 0 Å². The number of methoxy groups -OCH3 is 1. The average Bonchev–Trinajstić information content (AvgIpc) is 2.92. The predicted molar refractivity (Wildman–Crippen MR) is 137 cm³/mol. The van der Waals surface area contributed by atoms with E-state index in [4.69, 9.17) is 14.5 Å². The van der Waals surface area contributed by atoms with E-state index in [1.54, 1.807) is 26.3 Å². The number of carbonyl (C=O) groups is 2. The zero-order chi connectivity index (χ0) is 25.3. The number of rotatable bonds is 10. The second-order valence-electron chi connectivity index (χ2n) is 9.41. The second kappa shape index (κ2) is 12.7. The molecule has 1 atom stereocenters. The number of aryl methyl sites for hydroxylation is 1. The van der Waals surface area contributed by atoms with E-state index in [0.29, 0.717) is 12.5 Å². The van der Waals surface area contributed by atoms with Crippen LogP contribution in [0, 0.1) is 5.92 Å². The van der Waals surface area contributed by atoms with Gasteiger partial charge in [0.05, 0.1) is 26.2 Å². The fourth-order valence-corrected chi connectivity index (χ4v) is 4.85. The third-order valence-electron chi connectivity index (χ3n) is 6.96. The normalized spacial score (nSPS) is 16.9. The van der Waals surface area contributed by atoms with Crippen molar-refractivity contribution in [2.24, 2.45) is 5.92 Å². The van der Waals surface area contributed by atoms with Gasteiger partial charge in [-0.05, 0) is 62.9 Å². The van der Waals surface area contributed by atoms with Gasteiger partial charge >= 0.3 is 5.97 Å². The van der Waals surface area contributed by atoms with Crippen LogP contribution >= 0.6 is 0 Å². The van der Waals surface area contributed by atoms with E-state index in [9.17, 15) is 9.59 Å². The summed E-state index contributed by atoms with van der Waals surface area (Å²) >= 11 is 0. The molecule has 1 amide bonds. The zero-order valence-corrected chi connectivity index (χ0v) is 21.3. The number of esters is 1. The first-order valence-electron chi connectivity index (χ1n) is 13.0. The second-order valence-corrected chi connectivity index (χ2v) is 9.41. The molecule has 4 heterocycles. The monoisotopic (exact) mass is 495 g/mol. The van der Waals surface area contributed by atoms with Crippen molar-refractivity contribution in [2.45, 2.75) is 51.5 Å². The molecule has 1 saturated heterocycles. The molecule has 0 radical (unpaired) electrons. The molecule has 0 unspecified atom stereocenters. The number of nitrogens with zero attached hydrogens (tertiary/aromatic N) is 3. The Morgan fingerprint density at radius 1 is 1.22 bits per heavy atom. The molecule has 9 nitrogen and oxygen atoms in total. The Morgan fingerprint density at radius 2 is 2.06 bits per heavy atom. The van der Waals surface area contributed by atoms with E-state index >= 15 is 0 Å². The number of pyridine rings is 2. The molecule has 0 spiro atoms. The van der Waals surface area contributed by atoms with Crippen LogP contribution in [0.5, 0.6) is 5.88 Å². The Morgan fingerprint density at radius 3 is 2.78 bits per heavy atom. The molecule has 2 aliphatic rings. The molecule has 0 saturated carbocycles. The minimum Gasteiger partial charge on any atom is -0.481 e. The number of carbonyl (C=O) groups excluding carboxylic acids is 2. The van der Waals surface area contributed by atoms with Crippen molar-refractivity contribution >= 4 is 17.7 Å². The SMILES string of the molecule is CCOC(=O)C[C@H](NC(=O)C1CCN(CCc2ccc3c(n2)NCCC3)CC1)c1ccc(OC)nc1. The maximum Gasteiger partial charge on any atom is 0.308 e. The van der Waals surface area contributed by atoms with Crippen molar-refractivity contribution in [1.82, 2.24) is 20.2 Å². The summed E-state index contributed by atoms with van der Waals surface area (Å²) < 4.78 is 10.2. The van der Waals surface area contributed by atoms with Crippen molar-refractivity contribution in [3.63, 3.8) is 0 Å². The fraction of sp³-hybridized carbons (Fsp3) is 0.556. The lowest BCUT2D eigenvalue weighted by Gasteiger charge is -2.32. The predicted octanol–water partition coefficient (Wildman–Crippen LogP) is 2.91. The molecule has 2 aromatic rings. The molecular formula is C27H37N5O4. The van der Waals surface area contributed by atoms with E-state index in [1.807, 2.05) is 6.07 Å². The molecule has 2 N–H and O–H groups in total. The topological polar surface area (TPSA) is 106 Å². The summed E-state index contributed by atoms with van der Waals surface area (Å²) in [5.41, 5.74) is 3.17. The number of piperidine rings is 1. The maximum absolute atomic E-state index is 13.1. The van der Waals surface area contributed by atoms with E-state index < -0.39 is 6.04 Å². The summed E-state index contributed by atoms with van der Waals surface area (Å²) in [6.07, 6.45) is 6.44. The van der Waals surface area contributed by atoms with E-state index in [-0.39, 0.29) is 24.2 Å². The first-order chi connectivity index (χ1) is 17.6. The molecule has 0 aromatic carbocycles. The Hall–Kier alpha value is -3.20. The highest BCUT2D eigenvalue weighted by Gasteiger charge is 2.28. The molecule has 36 heavy (non-hydrogen) atoms. The molecule has 1 fully saturated rings. The van der Waals surface area contributed by atoms with E-state index in [1.165, 1.54) is 5.56 Å². The van der Waals surface area contributed by atoms with Crippen LogP contribution in [0.2, 0.25) is 0 Å². The smallest absolute Gasteiger partial charge is 0.308 e. The number of fused-ring (bicyclic) bond motifs is 1. The molecule has 2 aliphatic heterocycles. The lowest BCUT2D eigenvalue weighted by Crippen LogP contribution is -2.42. The van der Waals surface area contributed by atoms with Crippen LogP contribution in [-0.4, -0.2) is 66.6 Å². The van der Waals surface area contributed by atoms with Crippen LogP contribution < -0.4 is 15.4 Å². The third kappa shape index (κ3) is 6.94. The highest BCUT2D eigenvalue weighted by molar-refractivity contribution is 5.80. The number of likely N-dealkylation sites (tertiary alicyclic amines) is 1. The molecule has 0 aliphatic carbocycles. The quantitative estimate of drug-likeness (QED) is 0.485. The highest BCUT2D eigenvalue weighted by atomic mass is 16.5. The summed E-state index contributed by atoms with van der Waals surface area (Å²) in [7, 11) is 1.55. The molecule has 2 aromatic heterocycles. The number of anilines is 1. The van der Waals surface area contributed by atoms with Crippen molar-refractivity contribution in [1.29, 1.82) is 0 Å². The van der Waals surface area contributed by atoms with Gasteiger partial charge < -0.3 is 25.0 Å². The summed E-state index contributed by atoms with van der Waals surface area (Å²) in [4.78, 5) is 36.7. The van der Waals surface area contributed by atoms with Crippen molar-refractivity contribution in [2.75, 3.05) is 45.2 Å². The number of amides is 1. The minimum absolute atomic E-state index is 0.0257. The van der Waals surface area contributed by atoms with Gasteiger partial charge in [-0.15, -0.1) is 0 Å². The van der Waals surface area contributed by atoms with Gasteiger partial charge in [0.15, 0.2) is 0 Å². The lowest BCUT2D eigenvalue weighted by molar-refractivity contribution is -0.144. The third-order valence-corrected chi connectivity index (χ3v) is 6.96. The number of hydrogen-bond donors (Lipinski definition) is 2. The fourth-order valence-electron chi connectivity index (χ4n) is 4.85. The Bertz CT molecular complexity index is 1020. The zero-order valence-electron chi connectivity index (χ0n) is 21.3. The molecule has 0 bridgehead atoms. The number of aromatic nitrogens is 2. The Balaban J connectivity index is 1.28. The van der Waals surface area contributed by atoms with Gasteiger partial charge in [0, 0.05) is 43.4 Å². The summed E-state index contributed by atoms with van der Waals surface area (Å²) in [6, 6.07) is 7.40. The van der Waals surface area contributed by atoms with Gasteiger partial charge in [-0.2, -0.15) is 0 Å². The summed E-state index contributed by atoms with van der Waals surface area (Å²) in [6.45, 7) is 5.74. The van der Waals surface area contributed by atoms with Crippen LogP contribution in [-0.2, 0) is 27.2 Å². The van der Waals surface area contributed by atoms with Crippen molar-refractivity contribution in [3.8, 4) is 5.88 Å². The van der Waals surface area contributed by atoms with Crippen LogP contribution in [0.4, 0.5) is 5.82 Å². The van der Waals surface area contributed by atoms with Gasteiger partial charge in [-0.25, -0.2) is 9.97 Å². The minimum atomic E-state index is -0.489. The standard InChI is InChI=1S/C27H37N5O4/c1-3-36-25(33)17-23(21-7-9-24(35-2)29-18-21)31-27(34)20-10-14-32(15-11-20)16-12-22-8-6-19-5-4-13-28-26(19)30-22/h6-9,18,20,23H,3-5,10-17H2,1-2H3,(H,28,30)(H,31,34)/t23-/m0/s1. The molecule has 4 rings (SSSR count). The molecule has 194 valence electrons. The number of ether oxygens (including phenoxy) is 2. The van der Waals surface area contributed by atoms with Crippen LogP contribution in [0.1, 0.15) is 55.5 Å². The largest absolute Gasteiger partial charge is 0.481 e. The first kappa shape index (κ1) is 25.9. The highest BCUT2D eigenvalue weighted by Crippen LogP contribution is 2.24. The van der Waals surface area contributed by atoms with Crippen LogP contribution in [0.3, 0.4) is 0 Å². The number of hydrogen-bond acceptors (Lipinski definition) is 8.